The van der Waals surface area contributed by atoms with E-state index >= 15 is 0 Å². The van der Waals surface area contributed by atoms with E-state index in [2.05, 4.69) is 10.8 Å². The summed E-state index contributed by atoms with van der Waals surface area (Å²) < 4.78 is 71.0. The SMILES string of the molecule is C=C/C=C\C(=C/C)C[C@@H]1COC(=O)N1C(=O)[C@H](CC(C)C)c1cc(C)cc(OS(=O)(=O)C(F)(F)F)c1. The summed E-state index contributed by atoms with van der Waals surface area (Å²) >= 11 is 0. The van der Waals surface area contributed by atoms with Gasteiger partial charge in [-0.3, -0.25) is 4.79 Å². The molecule has 1 aromatic carbocycles. The molecule has 1 saturated heterocycles. The normalized spacial score (nSPS) is 18.0. The summed E-state index contributed by atoms with van der Waals surface area (Å²) in [5.41, 5.74) is -4.15. The average Bonchev–Trinajstić information content (AvgIpc) is 3.12. The van der Waals surface area contributed by atoms with Crippen LogP contribution in [0.5, 0.6) is 5.75 Å². The van der Waals surface area contributed by atoms with Crippen molar-refractivity contribution < 1.29 is 40.1 Å². The second kappa shape index (κ2) is 11.8. The number of benzene rings is 1. The van der Waals surface area contributed by atoms with Crippen molar-refractivity contribution in [3.8, 4) is 5.75 Å². The Morgan fingerprint density at radius 1 is 1.31 bits per heavy atom. The van der Waals surface area contributed by atoms with Crippen molar-refractivity contribution in [3.05, 3.63) is 65.8 Å². The lowest BCUT2D eigenvalue weighted by molar-refractivity contribution is -0.131. The zero-order valence-electron chi connectivity index (χ0n) is 20.5. The summed E-state index contributed by atoms with van der Waals surface area (Å²) in [7, 11) is -5.90. The van der Waals surface area contributed by atoms with Crippen LogP contribution in [-0.2, 0) is 19.6 Å². The van der Waals surface area contributed by atoms with Gasteiger partial charge >= 0.3 is 21.7 Å². The molecule has 1 aromatic rings. The summed E-state index contributed by atoms with van der Waals surface area (Å²) in [6.45, 7) is 10.7. The Kier molecular flexibility index (Phi) is 9.53. The van der Waals surface area contributed by atoms with Crippen molar-refractivity contribution in [1.82, 2.24) is 4.90 Å². The molecule has 0 radical (unpaired) electrons. The second-order valence-corrected chi connectivity index (χ2v) is 10.4. The highest BCUT2D eigenvalue weighted by molar-refractivity contribution is 7.88. The van der Waals surface area contributed by atoms with Crippen molar-refractivity contribution in [3.63, 3.8) is 0 Å². The van der Waals surface area contributed by atoms with Crippen molar-refractivity contribution in [2.45, 2.75) is 58.0 Å². The van der Waals surface area contributed by atoms with E-state index in [-0.39, 0.29) is 24.5 Å². The third-order valence-electron chi connectivity index (χ3n) is 5.46. The minimum absolute atomic E-state index is 0.00968. The number of carbonyl (C=O) groups is 2. The molecule has 0 spiro atoms. The maximum atomic E-state index is 13.7. The first-order chi connectivity index (χ1) is 16.7. The fourth-order valence-corrected chi connectivity index (χ4v) is 4.29. The quantitative estimate of drug-likeness (QED) is 0.217. The number of halogens is 3. The lowest BCUT2D eigenvalue weighted by atomic mass is 9.87. The molecular weight excluding hydrogens is 499 g/mol. The molecule has 11 heteroatoms. The molecule has 0 unspecified atom stereocenters. The molecule has 0 bridgehead atoms. The summed E-state index contributed by atoms with van der Waals surface area (Å²) in [5, 5.41) is 0. The number of nitrogens with zero attached hydrogens (tertiary/aromatic N) is 1. The first-order valence-corrected chi connectivity index (χ1v) is 12.7. The third kappa shape index (κ3) is 7.22. The minimum Gasteiger partial charge on any atom is -0.447 e. The van der Waals surface area contributed by atoms with E-state index in [9.17, 15) is 31.2 Å². The van der Waals surface area contributed by atoms with Gasteiger partial charge in [-0.15, -0.1) is 0 Å². The molecule has 0 aliphatic carbocycles. The van der Waals surface area contributed by atoms with E-state index in [1.165, 1.54) is 6.92 Å². The van der Waals surface area contributed by atoms with Crippen molar-refractivity contribution >= 4 is 22.1 Å². The fraction of sp³-hybridized carbons (Fsp3) is 0.440. The molecule has 1 heterocycles. The van der Waals surface area contributed by atoms with E-state index in [0.717, 1.165) is 22.6 Å². The van der Waals surface area contributed by atoms with Crippen molar-refractivity contribution in [1.29, 1.82) is 0 Å². The van der Waals surface area contributed by atoms with Crippen LogP contribution in [0.1, 0.15) is 50.7 Å². The summed E-state index contributed by atoms with van der Waals surface area (Å²) in [5.74, 6) is -2.15. The molecule has 2 rings (SSSR count). The molecule has 36 heavy (non-hydrogen) atoms. The Hall–Kier alpha value is -3.08. The molecule has 2 amide bonds. The Balaban J connectivity index is 2.46. The summed E-state index contributed by atoms with van der Waals surface area (Å²) in [6, 6.07) is 3.17. The number of allylic oxidation sites excluding steroid dienone is 4. The van der Waals surface area contributed by atoms with Gasteiger partial charge in [0.05, 0.1) is 12.0 Å². The molecule has 2 atom stereocenters. The zero-order chi connectivity index (χ0) is 27.3. The van der Waals surface area contributed by atoms with Gasteiger partial charge in [-0.1, -0.05) is 56.4 Å². The summed E-state index contributed by atoms with van der Waals surface area (Å²) in [6.07, 6.45) is 6.72. The van der Waals surface area contributed by atoms with Gasteiger partial charge in [-0.25, -0.2) is 9.69 Å². The largest absolute Gasteiger partial charge is 0.534 e. The number of imide groups is 1. The predicted octanol–water partition coefficient (Wildman–Crippen LogP) is 5.78. The molecule has 0 N–H and O–H groups in total. The van der Waals surface area contributed by atoms with Crippen LogP contribution in [0.2, 0.25) is 0 Å². The minimum atomic E-state index is -5.90. The number of ether oxygens (including phenoxy) is 1. The van der Waals surface area contributed by atoms with E-state index in [1.807, 2.05) is 26.8 Å². The van der Waals surface area contributed by atoms with Crippen LogP contribution in [0, 0.1) is 12.8 Å². The molecule has 1 aliphatic heterocycles. The van der Waals surface area contributed by atoms with Crippen LogP contribution in [0.25, 0.3) is 0 Å². The maximum absolute atomic E-state index is 13.7. The molecule has 0 saturated carbocycles. The van der Waals surface area contributed by atoms with Crippen LogP contribution < -0.4 is 4.18 Å². The Morgan fingerprint density at radius 2 is 1.97 bits per heavy atom. The number of hydrogen-bond donors (Lipinski definition) is 0. The smallest absolute Gasteiger partial charge is 0.447 e. The van der Waals surface area contributed by atoms with Gasteiger partial charge in [0.1, 0.15) is 12.4 Å². The number of aryl methyl sites for hydroxylation is 1. The van der Waals surface area contributed by atoms with Crippen LogP contribution in [0.4, 0.5) is 18.0 Å². The van der Waals surface area contributed by atoms with Crippen LogP contribution >= 0.6 is 0 Å². The predicted molar refractivity (Wildman–Crippen MR) is 129 cm³/mol. The standard InChI is InChI=1S/C25H30F3NO6S/c1-6-8-9-18(7-2)13-20-15-34-24(31)29(20)23(30)22(10-16(3)4)19-11-17(5)12-21(14-19)35-36(32,33)25(26,27)28/h6-9,11-12,14,16,20,22H,1,10,13,15H2,2-5H3/b9-8-,18-7+/t20-,22-/m1/s1. The van der Waals surface area contributed by atoms with E-state index in [4.69, 9.17) is 4.74 Å². The van der Waals surface area contributed by atoms with Crippen LogP contribution in [0.3, 0.4) is 0 Å². The highest BCUT2D eigenvalue weighted by Gasteiger charge is 2.48. The van der Waals surface area contributed by atoms with Gasteiger partial charge in [-0.2, -0.15) is 21.6 Å². The first kappa shape index (κ1) is 29.2. The third-order valence-corrected chi connectivity index (χ3v) is 6.44. The fourth-order valence-electron chi connectivity index (χ4n) is 3.85. The zero-order valence-corrected chi connectivity index (χ0v) is 21.4. The molecule has 1 aliphatic rings. The van der Waals surface area contributed by atoms with Gasteiger partial charge < -0.3 is 8.92 Å². The number of rotatable bonds is 10. The van der Waals surface area contributed by atoms with Gasteiger partial charge in [0.25, 0.3) is 0 Å². The Morgan fingerprint density at radius 3 is 2.53 bits per heavy atom. The van der Waals surface area contributed by atoms with Crippen LogP contribution in [0.15, 0.2) is 54.7 Å². The Bertz CT molecular complexity index is 1150. The second-order valence-electron chi connectivity index (χ2n) is 8.85. The highest BCUT2D eigenvalue weighted by atomic mass is 32.2. The van der Waals surface area contributed by atoms with Crippen LogP contribution in [-0.4, -0.2) is 43.5 Å². The number of cyclic esters (lactones) is 1. The van der Waals surface area contributed by atoms with Gasteiger partial charge in [0, 0.05) is 0 Å². The molecule has 7 nitrogen and oxygen atoms in total. The van der Waals surface area contributed by atoms with Crippen molar-refractivity contribution in [2.24, 2.45) is 5.92 Å². The number of hydrogen-bond acceptors (Lipinski definition) is 6. The van der Waals surface area contributed by atoms with Gasteiger partial charge in [0.15, 0.2) is 0 Å². The van der Waals surface area contributed by atoms with Gasteiger partial charge in [-0.05, 0) is 55.9 Å². The monoisotopic (exact) mass is 529 g/mol. The van der Waals surface area contributed by atoms with E-state index in [0.29, 0.717) is 12.0 Å². The molecule has 1 fully saturated rings. The molecular formula is C25H30F3NO6S. The lowest BCUT2D eigenvalue weighted by Gasteiger charge is -2.27. The van der Waals surface area contributed by atoms with E-state index in [1.54, 1.807) is 24.3 Å². The summed E-state index contributed by atoms with van der Waals surface area (Å²) in [4.78, 5) is 27.3. The highest BCUT2D eigenvalue weighted by Crippen LogP contribution is 2.34. The maximum Gasteiger partial charge on any atom is 0.534 e. The molecule has 0 aromatic heterocycles. The lowest BCUT2D eigenvalue weighted by Crippen LogP contribution is -2.42. The van der Waals surface area contributed by atoms with Gasteiger partial charge in [0.2, 0.25) is 5.91 Å². The average molecular weight is 530 g/mol. The number of alkyl halides is 3. The van der Waals surface area contributed by atoms with E-state index < -0.39 is 45.3 Å². The first-order valence-electron chi connectivity index (χ1n) is 11.3. The number of carbonyl (C=O) groups excluding carboxylic acids is 2. The van der Waals surface area contributed by atoms with Crippen molar-refractivity contribution in [2.75, 3.05) is 6.61 Å². The molecule has 198 valence electrons. The Labute approximate surface area is 209 Å². The topological polar surface area (TPSA) is 90.0 Å². The number of amides is 2.